The van der Waals surface area contributed by atoms with Crippen LogP contribution in [-0.2, 0) is 16.1 Å². The molecule has 0 spiro atoms. The van der Waals surface area contributed by atoms with Gasteiger partial charge in [0.05, 0.1) is 36.6 Å². The molecule has 262 valence electrons. The van der Waals surface area contributed by atoms with Gasteiger partial charge in [-0.15, -0.1) is 5.10 Å². The van der Waals surface area contributed by atoms with Crippen LogP contribution in [0.5, 0.6) is 5.75 Å². The first-order chi connectivity index (χ1) is 23.7. The topological polar surface area (TPSA) is 182 Å². The number of benzene rings is 2. The smallest absolute Gasteiger partial charge is 0.315 e. The van der Waals surface area contributed by atoms with E-state index in [0.29, 0.717) is 42.4 Å². The van der Waals surface area contributed by atoms with Crippen LogP contribution < -0.4 is 31.7 Å². The van der Waals surface area contributed by atoms with Crippen LogP contribution in [0.2, 0.25) is 0 Å². The average molecular weight is 699 g/mol. The van der Waals surface area contributed by atoms with Gasteiger partial charge in [-0.05, 0) is 69.0 Å². The summed E-state index contributed by atoms with van der Waals surface area (Å²) >= 11 is 1.85. The normalized spacial score (nSPS) is 18.7. The van der Waals surface area contributed by atoms with Gasteiger partial charge in [0.2, 0.25) is 5.91 Å². The molecule has 4 atom stereocenters. The molecule has 0 saturated carbocycles. The highest BCUT2D eigenvalue weighted by atomic mass is 32.2. The maximum atomic E-state index is 14.0. The third kappa shape index (κ3) is 9.75. The van der Waals surface area contributed by atoms with Crippen LogP contribution >= 0.6 is 11.8 Å². The molecule has 0 radical (unpaired) electrons. The lowest BCUT2D eigenvalue weighted by molar-refractivity contribution is -0.123. The van der Waals surface area contributed by atoms with Gasteiger partial charge in [0.15, 0.2) is 23.2 Å². The Morgan fingerprint density at radius 1 is 1.08 bits per heavy atom. The molecule has 3 heterocycles. The van der Waals surface area contributed by atoms with Gasteiger partial charge in [0, 0.05) is 23.0 Å². The molecule has 2 aliphatic rings. The molecule has 6 N–H and O–H groups in total. The van der Waals surface area contributed by atoms with Crippen LogP contribution in [0.15, 0.2) is 48.7 Å². The second kappa shape index (κ2) is 17.2. The maximum Gasteiger partial charge on any atom is 0.315 e. The van der Waals surface area contributed by atoms with Gasteiger partial charge in [-0.25, -0.2) is 18.3 Å². The molecule has 5 rings (SSSR count). The van der Waals surface area contributed by atoms with E-state index in [4.69, 9.17) is 10.5 Å². The molecule has 2 fully saturated rings. The van der Waals surface area contributed by atoms with E-state index < -0.39 is 41.7 Å². The minimum absolute atomic E-state index is 0.0963. The minimum Gasteiger partial charge on any atom is -0.480 e. The lowest BCUT2D eigenvalue weighted by Gasteiger charge is -2.18. The SMILES string of the molecule is NCCCCC(NC(=O)c1cccc(-n2cc(CNC(=O)CCCCC3SC[C@@H]4NC(=O)N[C@H]34)nn2)c1)C(=O)COc1c(F)cccc1F. The van der Waals surface area contributed by atoms with Crippen molar-refractivity contribution in [1.29, 1.82) is 0 Å². The van der Waals surface area contributed by atoms with Crippen LogP contribution in [0.4, 0.5) is 13.6 Å². The number of carbonyl (C=O) groups excluding carboxylic acids is 4. The Labute approximate surface area is 286 Å². The fourth-order valence-corrected chi connectivity index (χ4v) is 7.30. The molecule has 2 aliphatic heterocycles. The van der Waals surface area contributed by atoms with Crippen molar-refractivity contribution in [2.24, 2.45) is 5.73 Å². The summed E-state index contributed by atoms with van der Waals surface area (Å²) in [5.41, 5.74) is 6.90. The van der Waals surface area contributed by atoms with Gasteiger partial charge < -0.3 is 31.7 Å². The van der Waals surface area contributed by atoms with E-state index in [9.17, 15) is 28.0 Å². The average Bonchev–Trinajstić information content (AvgIpc) is 3.81. The molecule has 16 heteroatoms. The van der Waals surface area contributed by atoms with E-state index in [1.165, 1.54) is 10.7 Å². The van der Waals surface area contributed by atoms with Crippen molar-refractivity contribution < 1.29 is 32.7 Å². The second-order valence-corrected chi connectivity index (χ2v) is 13.2. The summed E-state index contributed by atoms with van der Waals surface area (Å²) < 4.78 is 34.6. The van der Waals surface area contributed by atoms with E-state index in [1.807, 2.05) is 11.8 Å². The zero-order chi connectivity index (χ0) is 34.8. The Morgan fingerprint density at radius 2 is 1.88 bits per heavy atom. The number of halogens is 2. The summed E-state index contributed by atoms with van der Waals surface area (Å²) in [6.45, 7) is -0.0493. The first-order valence-electron chi connectivity index (χ1n) is 16.3. The number of rotatable bonds is 18. The molecular formula is C33H40F2N8O5S. The van der Waals surface area contributed by atoms with Gasteiger partial charge in [-0.1, -0.05) is 23.8 Å². The Bertz CT molecular complexity index is 1620. The van der Waals surface area contributed by atoms with Crippen molar-refractivity contribution in [1.82, 2.24) is 36.3 Å². The molecule has 49 heavy (non-hydrogen) atoms. The molecule has 2 aromatic carbocycles. The van der Waals surface area contributed by atoms with Crippen molar-refractivity contribution in [3.8, 4) is 11.4 Å². The maximum absolute atomic E-state index is 14.0. The number of Topliss-reactive ketones (excluding diaryl/α,β-unsaturated/α-hetero) is 1. The molecule has 1 aromatic heterocycles. The molecule has 2 saturated heterocycles. The third-order valence-corrected chi connectivity index (χ3v) is 9.89. The van der Waals surface area contributed by atoms with Gasteiger partial charge in [-0.2, -0.15) is 11.8 Å². The fourth-order valence-electron chi connectivity index (χ4n) is 5.76. The van der Waals surface area contributed by atoms with Crippen LogP contribution in [0, 0.1) is 11.6 Å². The van der Waals surface area contributed by atoms with Crippen molar-refractivity contribution in [2.45, 2.75) is 74.9 Å². The number of nitrogens with zero attached hydrogens (tertiary/aromatic N) is 3. The summed E-state index contributed by atoms with van der Waals surface area (Å²) in [7, 11) is 0. The molecule has 4 amide bonds. The van der Waals surface area contributed by atoms with E-state index in [0.717, 1.165) is 37.1 Å². The number of hydrogen-bond donors (Lipinski definition) is 5. The van der Waals surface area contributed by atoms with Gasteiger partial charge in [0.1, 0.15) is 12.3 Å². The Morgan fingerprint density at radius 3 is 2.67 bits per heavy atom. The molecule has 2 unspecified atom stereocenters. The second-order valence-electron chi connectivity index (χ2n) is 12.0. The van der Waals surface area contributed by atoms with Gasteiger partial charge in [-0.3, -0.25) is 14.4 Å². The number of urea groups is 1. The van der Waals surface area contributed by atoms with Crippen LogP contribution in [0.1, 0.15) is 61.0 Å². The van der Waals surface area contributed by atoms with Crippen molar-refractivity contribution in [3.63, 3.8) is 0 Å². The minimum atomic E-state index is -0.972. The summed E-state index contributed by atoms with van der Waals surface area (Å²) in [6, 6.07) is 9.05. The van der Waals surface area contributed by atoms with Gasteiger partial charge >= 0.3 is 6.03 Å². The summed E-state index contributed by atoms with van der Waals surface area (Å²) in [6.07, 6.45) is 6.00. The standard InChI is InChI=1S/C33H40F2N8O5S/c34-23-9-6-10-24(35)31(23)48-18-27(44)25(11-3-4-14-36)38-32(46)20-7-5-8-22(15-20)43-17-21(41-42-43)16-37-29(45)13-2-1-12-28-30-26(19-49-28)39-33(47)40-30/h5-10,15,17,25-26,28,30H,1-4,11-14,16,18-19,36H2,(H,37,45)(H,38,46)(H2,39,40,47)/t25?,26-,28?,30-/m0/s1. The van der Waals surface area contributed by atoms with Crippen molar-refractivity contribution in [2.75, 3.05) is 18.9 Å². The number of aromatic nitrogens is 3. The van der Waals surface area contributed by atoms with Gasteiger partial charge in [0.25, 0.3) is 5.91 Å². The Hall–Kier alpha value is -4.57. The Balaban J connectivity index is 1.09. The number of hydrogen-bond acceptors (Lipinski definition) is 9. The zero-order valence-electron chi connectivity index (χ0n) is 26.8. The lowest BCUT2D eigenvalue weighted by atomic mass is 10.0. The number of para-hydroxylation sites is 1. The first-order valence-corrected chi connectivity index (χ1v) is 17.3. The van der Waals surface area contributed by atoms with Crippen LogP contribution in [-0.4, -0.2) is 80.9 Å². The number of ether oxygens (including phenoxy) is 1. The van der Waals surface area contributed by atoms with Crippen molar-refractivity contribution in [3.05, 3.63) is 71.6 Å². The quantitative estimate of drug-likeness (QED) is 0.0986. The van der Waals surface area contributed by atoms with Crippen molar-refractivity contribution >= 4 is 35.4 Å². The highest BCUT2D eigenvalue weighted by Gasteiger charge is 2.42. The number of nitrogens with two attached hydrogens (primary N) is 1. The van der Waals surface area contributed by atoms with E-state index in [2.05, 4.69) is 31.6 Å². The summed E-state index contributed by atoms with van der Waals surface area (Å²) in [5.74, 6) is -2.80. The van der Waals surface area contributed by atoms with E-state index in [1.54, 1.807) is 30.5 Å². The summed E-state index contributed by atoms with van der Waals surface area (Å²) in [5, 5.41) is 20.1. The number of unbranched alkanes of at least 4 members (excludes halogenated alkanes) is 2. The number of amides is 4. The monoisotopic (exact) mass is 698 g/mol. The number of carbonyl (C=O) groups is 4. The molecule has 3 aromatic rings. The van der Waals surface area contributed by atoms with E-state index in [-0.39, 0.29) is 42.6 Å². The number of nitrogens with one attached hydrogen (secondary N) is 4. The predicted octanol–water partition coefficient (Wildman–Crippen LogP) is 2.76. The molecular weight excluding hydrogens is 658 g/mol. The summed E-state index contributed by atoms with van der Waals surface area (Å²) in [4.78, 5) is 50.2. The number of thioether (sulfide) groups is 1. The highest BCUT2D eigenvalue weighted by molar-refractivity contribution is 8.00. The Kier molecular flexibility index (Phi) is 12.5. The fraction of sp³-hybridized carbons (Fsp3) is 0.455. The highest BCUT2D eigenvalue weighted by Crippen LogP contribution is 2.33. The molecule has 13 nitrogen and oxygen atoms in total. The largest absolute Gasteiger partial charge is 0.480 e. The first kappa shape index (κ1) is 35.7. The van der Waals surface area contributed by atoms with Crippen LogP contribution in [0.3, 0.4) is 0 Å². The lowest BCUT2D eigenvalue weighted by Crippen LogP contribution is -2.43. The predicted molar refractivity (Wildman–Crippen MR) is 178 cm³/mol. The number of fused-ring (bicyclic) bond motifs is 1. The number of ketones is 1. The molecule has 0 aliphatic carbocycles. The molecule has 0 bridgehead atoms. The van der Waals surface area contributed by atoms with E-state index >= 15 is 0 Å². The van der Waals surface area contributed by atoms with Crippen LogP contribution in [0.25, 0.3) is 5.69 Å². The zero-order valence-corrected chi connectivity index (χ0v) is 27.6. The third-order valence-electron chi connectivity index (χ3n) is 8.38.